The predicted molar refractivity (Wildman–Crippen MR) is 126 cm³/mol. The van der Waals surface area contributed by atoms with Crippen LogP contribution in [0.25, 0.3) is 10.2 Å². The van der Waals surface area contributed by atoms with Gasteiger partial charge in [0.25, 0.3) is 5.91 Å². The SMILES string of the molecule is COc1ccc(C(=O)c2cc3c(N)c(C(=O)Nc4cccc(OC)c4)sc3nc2C)cc1. The minimum absolute atomic E-state index is 0.174. The molecule has 0 spiro atoms. The Morgan fingerprint density at radius 3 is 2.41 bits per heavy atom. The molecule has 0 bridgehead atoms. The van der Waals surface area contributed by atoms with Gasteiger partial charge >= 0.3 is 0 Å². The zero-order valence-electron chi connectivity index (χ0n) is 17.8. The van der Waals surface area contributed by atoms with Gasteiger partial charge in [-0.3, -0.25) is 9.59 Å². The van der Waals surface area contributed by atoms with Crippen molar-refractivity contribution in [1.29, 1.82) is 0 Å². The Kier molecular flexibility index (Phi) is 5.79. The minimum Gasteiger partial charge on any atom is -0.497 e. The van der Waals surface area contributed by atoms with Gasteiger partial charge in [-0.25, -0.2) is 4.98 Å². The highest BCUT2D eigenvalue weighted by atomic mass is 32.1. The van der Waals surface area contributed by atoms with E-state index in [9.17, 15) is 9.59 Å². The Morgan fingerprint density at radius 2 is 1.72 bits per heavy atom. The number of anilines is 2. The van der Waals surface area contributed by atoms with Crippen molar-refractivity contribution in [2.45, 2.75) is 6.92 Å². The zero-order valence-corrected chi connectivity index (χ0v) is 18.6. The molecule has 0 fully saturated rings. The van der Waals surface area contributed by atoms with E-state index in [-0.39, 0.29) is 11.7 Å². The molecule has 0 radical (unpaired) electrons. The quantitative estimate of drug-likeness (QED) is 0.416. The number of thiophene rings is 1. The average molecular weight is 448 g/mol. The van der Waals surface area contributed by atoms with E-state index in [1.165, 1.54) is 11.3 Å². The normalized spacial score (nSPS) is 10.7. The van der Waals surface area contributed by atoms with Gasteiger partial charge in [0.05, 0.1) is 25.6 Å². The monoisotopic (exact) mass is 447 g/mol. The third-order valence-corrected chi connectivity index (χ3v) is 6.16. The summed E-state index contributed by atoms with van der Waals surface area (Å²) in [6.45, 7) is 1.77. The van der Waals surface area contributed by atoms with Crippen molar-refractivity contribution in [3.63, 3.8) is 0 Å². The molecule has 4 rings (SSSR count). The molecular formula is C24H21N3O4S. The van der Waals surface area contributed by atoms with Crippen LogP contribution in [0.15, 0.2) is 54.6 Å². The Morgan fingerprint density at radius 1 is 1.00 bits per heavy atom. The van der Waals surface area contributed by atoms with E-state index in [1.807, 2.05) is 0 Å². The number of pyridine rings is 1. The summed E-state index contributed by atoms with van der Waals surface area (Å²) in [5, 5.41) is 3.41. The predicted octanol–water partition coefficient (Wildman–Crippen LogP) is 4.69. The van der Waals surface area contributed by atoms with Gasteiger partial charge in [0, 0.05) is 28.3 Å². The first-order chi connectivity index (χ1) is 15.4. The average Bonchev–Trinajstić information content (AvgIpc) is 3.13. The van der Waals surface area contributed by atoms with Crippen LogP contribution < -0.4 is 20.5 Å². The molecule has 0 unspecified atom stereocenters. The smallest absolute Gasteiger partial charge is 0.267 e. The maximum atomic E-state index is 13.1. The molecule has 0 atom stereocenters. The van der Waals surface area contributed by atoms with Crippen molar-refractivity contribution >= 4 is 44.6 Å². The van der Waals surface area contributed by atoms with Crippen LogP contribution in [0.2, 0.25) is 0 Å². The van der Waals surface area contributed by atoms with Crippen molar-refractivity contribution in [2.75, 3.05) is 25.3 Å². The molecular weight excluding hydrogens is 426 g/mol. The van der Waals surface area contributed by atoms with Crippen molar-refractivity contribution in [1.82, 2.24) is 4.98 Å². The number of carbonyl (C=O) groups is 2. The van der Waals surface area contributed by atoms with Crippen molar-refractivity contribution < 1.29 is 19.1 Å². The number of ether oxygens (including phenoxy) is 2. The van der Waals surface area contributed by atoms with Gasteiger partial charge in [-0.1, -0.05) is 6.07 Å². The molecule has 0 aliphatic rings. The number of carbonyl (C=O) groups excluding carboxylic acids is 2. The number of nitrogens with one attached hydrogen (secondary N) is 1. The van der Waals surface area contributed by atoms with Crippen LogP contribution in [-0.2, 0) is 0 Å². The maximum Gasteiger partial charge on any atom is 0.267 e. The summed E-state index contributed by atoms with van der Waals surface area (Å²) in [6, 6.07) is 15.6. The fourth-order valence-corrected chi connectivity index (χ4v) is 4.33. The van der Waals surface area contributed by atoms with Crippen molar-refractivity contribution in [2.24, 2.45) is 0 Å². The van der Waals surface area contributed by atoms with Gasteiger partial charge in [0.2, 0.25) is 0 Å². The number of aromatic nitrogens is 1. The molecule has 3 N–H and O–H groups in total. The number of hydrogen-bond acceptors (Lipinski definition) is 7. The van der Waals surface area contributed by atoms with E-state index in [0.717, 1.165) is 0 Å². The Hall–Kier alpha value is -3.91. The second-order valence-electron chi connectivity index (χ2n) is 7.06. The number of ketones is 1. The highest BCUT2D eigenvalue weighted by Crippen LogP contribution is 2.35. The highest BCUT2D eigenvalue weighted by molar-refractivity contribution is 7.21. The molecule has 0 saturated carbocycles. The molecule has 8 heteroatoms. The van der Waals surface area contributed by atoms with Crippen LogP contribution in [-0.4, -0.2) is 30.9 Å². The fourth-order valence-electron chi connectivity index (χ4n) is 3.31. The van der Waals surface area contributed by atoms with E-state index in [1.54, 1.807) is 75.7 Å². The number of hydrogen-bond donors (Lipinski definition) is 2. The minimum atomic E-state index is -0.348. The third-order valence-electron chi connectivity index (χ3n) is 5.04. The molecule has 0 aliphatic heterocycles. The number of nitrogens with zero attached hydrogens (tertiary/aromatic N) is 1. The Balaban J connectivity index is 1.67. The molecule has 2 heterocycles. The van der Waals surface area contributed by atoms with Gasteiger partial charge in [0.1, 0.15) is 21.2 Å². The summed E-state index contributed by atoms with van der Waals surface area (Å²) in [7, 11) is 3.13. The molecule has 4 aromatic rings. The summed E-state index contributed by atoms with van der Waals surface area (Å²) in [5.41, 5.74) is 8.70. The van der Waals surface area contributed by atoms with Crippen LogP contribution in [0.1, 0.15) is 31.3 Å². The Bertz CT molecular complexity index is 1330. The van der Waals surface area contributed by atoms with Crippen LogP contribution >= 0.6 is 11.3 Å². The maximum absolute atomic E-state index is 13.1. The van der Waals surface area contributed by atoms with Crippen LogP contribution in [0.4, 0.5) is 11.4 Å². The number of amides is 1. The summed E-state index contributed by atoms with van der Waals surface area (Å²) >= 11 is 1.19. The second-order valence-corrected chi connectivity index (χ2v) is 8.06. The van der Waals surface area contributed by atoms with Gasteiger partial charge in [0.15, 0.2) is 5.78 Å². The van der Waals surface area contributed by atoms with Crippen molar-refractivity contribution in [3.05, 3.63) is 76.3 Å². The molecule has 7 nitrogen and oxygen atoms in total. The first-order valence-corrected chi connectivity index (χ1v) is 10.6. The topological polar surface area (TPSA) is 104 Å². The highest BCUT2D eigenvalue weighted by Gasteiger charge is 2.21. The number of nitrogens with two attached hydrogens (primary N) is 1. The van der Waals surface area contributed by atoms with E-state index >= 15 is 0 Å². The summed E-state index contributed by atoms with van der Waals surface area (Å²) in [5.74, 6) is 0.777. The number of benzene rings is 2. The number of rotatable bonds is 6. The zero-order chi connectivity index (χ0) is 22.8. The lowest BCUT2D eigenvalue weighted by Crippen LogP contribution is -2.12. The lowest BCUT2D eigenvalue weighted by Gasteiger charge is -2.07. The van der Waals surface area contributed by atoms with Gasteiger partial charge < -0.3 is 20.5 Å². The standard InChI is InChI=1S/C24H21N3O4S/c1-13-18(21(28)14-7-9-16(30-2)10-8-14)12-19-20(25)22(32-24(19)26-13)23(29)27-15-5-4-6-17(11-15)31-3/h4-12H,25H2,1-3H3,(H,27,29). The van der Waals surface area contributed by atoms with Crippen LogP contribution in [0, 0.1) is 6.92 Å². The number of nitrogen functional groups attached to an aromatic ring is 1. The van der Waals surface area contributed by atoms with E-state index < -0.39 is 0 Å². The Labute approximate surface area is 188 Å². The summed E-state index contributed by atoms with van der Waals surface area (Å²) in [4.78, 5) is 31.4. The first kappa shape index (κ1) is 21.3. The number of aryl methyl sites for hydroxylation is 1. The molecule has 1 amide bonds. The van der Waals surface area contributed by atoms with E-state index in [2.05, 4.69) is 10.3 Å². The molecule has 32 heavy (non-hydrogen) atoms. The third kappa shape index (κ3) is 4.00. The van der Waals surface area contributed by atoms with Gasteiger partial charge in [-0.15, -0.1) is 11.3 Å². The van der Waals surface area contributed by atoms with E-state index in [4.69, 9.17) is 15.2 Å². The molecule has 2 aromatic heterocycles. The summed E-state index contributed by atoms with van der Waals surface area (Å²) < 4.78 is 10.3. The largest absolute Gasteiger partial charge is 0.497 e. The fraction of sp³-hybridized carbons (Fsp3) is 0.125. The molecule has 0 saturated heterocycles. The number of methoxy groups -OCH3 is 2. The van der Waals surface area contributed by atoms with Crippen LogP contribution in [0.5, 0.6) is 11.5 Å². The van der Waals surface area contributed by atoms with Crippen LogP contribution in [0.3, 0.4) is 0 Å². The van der Waals surface area contributed by atoms with Crippen molar-refractivity contribution in [3.8, 4) is 11.5 Å². The van der Waals surface area contributed by atoms with E-state index in [0.29, 0.717) is 54.8 Å². The second kappa shape index (κ2) is 8.68. The molecule has 162 valence electrons. The first-order valence-electron chi connectivity index (χ1n) is 9.75. The van der Waals surface area contributed by atoms with Gasteiger partial charge in [-0.05, 0) is 49.4 Å². The lowest BCUT2D eigenvalue weighted by molar-refractivity contribution is 0.102. The number of fused-ring (bicyclic) bond motifs is 1. The summed E-state index contributed by atoms with van der Waals surface area (Å²) in [6.07, 6.45) is 0. The van der Waals surface area contributed by atoms with Gasteiger partial charge in [-0.2, -0.15) is 0 Å². The molecule has 2 aromatic carbocycles. The molecule has 0 aliphatic carbocycles. The lowest BCUT2D eigenvalue weighted by atomic mass is 10.0.